The normalized spacial score (nSPS) is 40.0. The van der Waals surface area contributed by atoms with Crippen molar-refractivity contribution < 1.29 is 0 Å². The van der Waals surface area contributed by atoms with Gasteiger partial charge in [-0.05, 0) is 156 Å². The van der Waals surface area contributed by atoms with E-state index >= 15 is 0 Å². The zero-order chi connectivity index (χ0) is 33.5. The van der Waals surface area contributed by atoms with Gasteiger partial charge in [-0.1, -0.05) is 73.1 Å². The highest BCUT2D eigenvalue weighted by molar-refractivity contribution is 8.04. The highest BCUT2D eigenvalue weighted by Gasteiger charge is 2.53. The molecule has 11 aliphatic rings. The lowest BCUT2D eigenvalue weighted by atomic mass is 9.68. The van der Waals surface area contributed by atoms with Crippen molar-refractivity contribution in [1.82, 2.24) is 9.80 Å². The average Bonchev–Trinajstić information content (AvgIpc) is 3.87. The molecule has 3 heteroatoms. The predicted octanol–water partition coefficient (Wildman–Crippen LogP) is 12.4. The Morgan fingerprint density at radius 3 is 2.29 bits per heavy atom. The Balaban J connectivity index is 1.01. The van der Waals surface area contributed by atoms with Crippen LogP contribution >= 0.6 is 11.8 Å². The second-order valence-electron chi connectivity index (χ2n) is 18.1. The molecule has 9 unspecified atom stereocenters. The molecule has 3 heterocycles. The minimum Gasteiger partial charge on any atom is -0.368 e. The summed E-state index contributed by atoms with van der Waals surface area (Å²) in [7, 11) is 0. The monoisotopic (exact) mass is 696 g/mol. The number of thioether (sulfide) groups is 1. The van der Waals surface area contributed by atoms with Gasteiger partial charge >= 0.3 is 0 Å². The summed E-state index contributed by atoms with van der Waals surface area (Å²) in [6.07, 6.45) is 51.5. The quantitative estimate of drug-likeness (QED) is 0.270. The van der Waals surface area contributed by atoms with Crippen LogP contribution in [0.15, 0.2) is 105 Å². The van der Waals surface area contributed by atoms with Crippen molar-refractivity contribution in [2.24, 2.45) is 29.6 Å². The minimum atomic E-state index is 0.550. The summed E-state index contributed by atoms with van der Waals surface area (Å²) < 4.78 is 0. The van der Waals surface area contributed by atoms with Gasteiger partial charge in [0.1, 0.15) is 0 Å². The number of hydrogen-bond donors (Lipinski definition) is 0. The molecule has 268 valence electrons. The highest BCUT2D eigenvalue weighted by atomic mass is 32.2. The van der Waals surface area contributed by atoms with Crippen LogP contribution in [0.1, 0.15) is 135 Å². The van der Waals surface area contributed by atoms with Crippen molar-refractivity contribution >= 4 is 11.8 Å². The second kappa shape index (κ2) is 13.2. The Morgan fingerprint density at radius 2 is 1.41 bits per heavy atom. The summed E-state index contributed by atoms with van der Waals surface area (Å²) in [6, 6.07) is 2.08. The van der Waals surface area contributed by atoms with Gasteiger partial charge in [0, 0.05) is 63.1 Å². The Kier molecular flexibility index (Phi) is 8.29. The lowest BCUT2D eigenvalue weighted by Gasteiger charge is -2.42. The van der Waals surface area contributed by atoms with Gasteiger partial charge in [-0.25, -0.2) is 0 Å². The molecule has 0 amide bonds. The molecule has 3 aliphatic heterocycles. The van der Waals surface area contributed by atoms with Crippen LogP contribution in [-0.4, -0.2) is 33.2 Å². The summed E-state index contributed by atoms with van der Waals surface area (Å²) in [4.78, 5) is 7.98. The Hall–Kier alpha value is -2.39. The molecule has 0 spiro atoms. The lowest BCUT2D eigenvalue weighted by Crippen LogP contribution is -2.43. The average molecular weight is 697 g/mol. The summed E-state index contributed by atoms with van der Waals surface area (Å²) in [5.74, 6) is 3.54. The molecular formula is C48H60N2S. The van der Waals surface area contributed by atoms with Crippen molar-refractivity contribution in [1.29, 1.82) is 0 Å². The van der Waals surface area contributed by atoms with Gasteiger partial charge in [-0.15, -0.1) is 11.8 Å². The molecule has 0 radical (unpaired) electrons. The summed E-state index contributed by atoms with van der Waals surface area (Å²) >= 11 is 2.36. The fraction of sp³-hybridized carbons (Fsp3) is 0.625. The Bertz CT molecular complexity index is 1740. The van der Waals surface area contributed by atoms with Crippen LogP contribution in [0.4, 0.5) is 0 Å². The van der Waals surface area contributed by atoms with E-state index in [2.05, 4.69) is 76.2 Å². The SMILES string of the molecule is C1=CC2C(CC1)SC1=C(N3C4=C(C(C5=CCCC6=C5C5CCCCC5N6C5CC=CCC5)=CCC4)C4C=CCCC43)CCC(C3=CCCCC3)C12. The van der Waals surface area contributed by atoms with Crippen LogP contribution in [0.3, 0.4) is 0 Å². The van der Waals surface area contributed by atoms with Crippen LogP contribution in [0.25, 0.3) is 0 Å². The van der Waals surface area contributed by atoms with Crippen molar-refractivity contribution in [2.45, 2.75) is 158 Å². The lowest BCUT2D eigenvalue weighted by molar-refractivity contribution is 0.131. The van der Waals surface area contributed by atoms with Gasteiger partial charge < -0.3 is 9.80 Å². The van der Waals surface area contributed by atoms with E-state index in [0.717, 1.165) is 41.0 Å². The molecule has 2 nitrogen and oxygen atoms in total. The Morgan fingerprint density at radius 1 is 0.569 bits per heavy atom. The van der Waals surface area contributed by atoms with E-state index in [4.69, 9.17) is 0 Å². The molecule has 0 N–H and O–H groups in total. The van der Waals surface area contributed by atoms with Gasteiger partial charge in [0.05, 0.1) is 0 Å². The molecule has 1 saturated heterocycles. The third kappa shape index (κ3) is 5.08. The van der Waals surface area contributed by atoms with Crippen molar-refractivity contribution in [2.75, 3.05) is 0 Å². The van der Waals surface area contributed by atoms with E-state index in [9.17, 15) is 0 Å². The Labute approximate surface area is 312 Å². The van der Waals surface area contributed by atoms with E-state index in [1.54, 1.807) is 33.8 Å². The van der Waals surface area contributed by atoms with Crippen LogP contribution < -0.4 is 0 Å². The fourth-order valence-electron chi connectivity index (χ4n) is 13.7. The molecule has 0 aromatic rings. The molecule has 0 bridgehead atoms. The van der Waals surface area contributed by atoms with E-state index in [0.29, 0.717) is 12.0 Å². The number of allylic oxidation sites excluding steroid dienone is 14. The van der Waals surface area contributed by atoms with Crippen LogP contribution in [0, 0.1) is 29.6 Å². The van der Waals surface area contributed by atoms with Crippen LogP contribution in [0.5, 0.6) is 0 Å². The zero-order valence-corrected chi connectivity index (χ0v) is 31.9. The topological polar surface area (TPSA) is 6.48 Å². The molecule has 2 fully saturated rings. The molecule has 51 heavy (non-hydrogen) atoms. The molecular weight excluding hydrogens is 637 g/mol. The summed E-state index contributed by atoms with van der Waals surface area (Å²) in [5.41, 5.74) is 14.1. The smallest absolute Gasteiger partial charge is 0.0443 e. The minimum absolute atomic E-state index is 0.550. The molecule has 0 aromatic heterocycles. The first-order valence-electron chi connectivity index (χ1n) is 21.9. The fourth-order valence-corrected chi connectivity index (χ4v) is 15.5. The largest absolute Gasteiger partial charge is 0.368 e. The van der Waals surface area contributed by atoms with Gasteiger partial charge in [0.15, 0.2) is 0 Å². The number of nitrogens with zero attached hydrogens (tertiary/aromatic N) is 2. The molecule has 9 atom stereocenters. The maximum atomic E-state index is 3.08. The zero-order valence-electron chi connectivity index (χ0n) is 31.0. The van der Waals surface area contributed by atoms with Gasteiger partial charge in [-0.2, -0.15) is 0 Å². The molecule has 0 aromatic carbocycles. The molecule has 8 aliphatic carbocycles. The second-order valence-corrected chi connectivity index (χ2v) is 19.3. The van der Waals surface area contributed by atoms with Crippen molar-refractivity contribution in [3.8, 4) is 0 Å². The third-order valence-electron chi connectivity index (χ3n) is 15.6. The first-order valence-corrected chi connectivity index (χ1v) is 22.7. The first kappa shape index (κ1) is 32.1. The van der Waals surface area contributed by atoms with Gasteiger partial charge in [-0.3, -0.25) is 0 Å². The van der Waals surface area contributed by atoms with Crippen molar-refractivity contribution in [3.63, 3.8) is 0 Å². The van der Waals surface area contributed by atoms with E-state index in [1.165, 1.54) is 135 Å². The van der Waals surface area contributed by atoms with Crippen molar-refractivity contribution in [3.05, 3.63) is 105 Å². The van der Waals surface area contributed by atoms with E-state index in [1.807, 2.05) is 16.1 Å². The van der Waals surface area contributed by atoms with Crippen LogP contribution in [0.2, 0.25) is 0 Å². The van der Waals surface area contributed by atoms with Crippen LogP contribution in [-0.2, 0) is 0 Å². The van der Waals surface area contributed by atoms with E-state index < -0.39 is 0 Å². The number of rotatable bonds is 4. The van der Waals surface area contributed by atoms with E-state index in [-0.39, 0.29) is 0 Å². The van der Waals surface area contributed by atoms with Gasteiger partial charge in [0.25, 0.3) is 0 Å². The molecule has 11 rings (SSSR count). The molecule has 1 saturated carbocycles. The number of fused-ring (bicyclic) bond motifs is 7. The standard InChI is InChI=1S/C48H60N2S/c1-3-15-31(16-4-1)33-29-30-43(48-47(33)38-21-9-12-28-44(38)51-48)50-40-25-11-8-20-37(40)46-35(23-14-27-42(46)50)34-22-13-26-41-45(34)36-19-7-10-24-39(36)49(41)32-17-5-2-6-18-32/h2,5,8-9,15,20-23,32-33,36-40,44,47H,1,3-4,6-7,10-14,16-19,24-30H2. The third-order valence-corrected chi connectivity index (χ3v) is 17.2. The number of hydrogen-bond acceptors (Lipinski definition) is 3. The highest BCUT2D eigenvalue weighted by Crippen LogP contribution is 2.63. The summed E-state index contributed by atoms with van der Waals surface area (Å²) in [6.45, 7) is 0. The first-order chi connectivity index (χ1) is 25.3. The maximum absolute atomic E-state index is 3.08. The summed E-state index contributed by atoms with van der Waals surface area (Å²) in [5, 5.41) is 0.792. The maximum Gasteiger partial charge on any atom is 0.0443 e. The predicted molar refractivity (Wildman–Crippen MR) is 214 cm³/mol. The van der Waals surface area contributed by atoms with Gasteiger partial charge in [0.2, 0.25) is 0 Å².